The minimum absolute atomic E-state index is 0.0372. The fourth-order valence-corrected chi connectivity index (χ4v) is 2.10. The number of carbonyl (C=O) groups is 1. The predicted octanol–water partition coefficient (Wildman–Crippen LogP) is 0.00860. The Morgan fingerprint density at radius 3 is 2.91 bits per heavy atom. The van der Waals surface area contributed by atoms with E-state index in [2.05, 4.69) is 16.9 Å². The Morgan fingerprint density at radius 2 is 2.35 bits per heavy atom. The molecule has 0 spiro atoms. The monoisotopic (exact) mass is 325 g/mol. The first-order chi connectivity index (χ1) is 11.0. The largest absolute Gasteiger partial charge is 0.449 e. The van der Waals surface area contributed by atoms with E-state index in [0.29, 0.717) is 6.42 Å². The maximum atomic E-state index is 12.1. The maximum Gasteiger partial charge on any atom is 0.412 e. The van der Waals surface area contributed by atoms with Gasteiger partial charge in [0.25, 0.3) is 0 Å². The van der Waals surface area contributed by atoms with Gasteiger partial charge in [0.1, 0.15) is 18.0 Å². The molecule has 0 aliphatic carbocycles. The van der Waals surface area contributed by atoms with Crippen LogP contribution in [0.4, 0.5) is 10.6 Å². The number of nitrogens with one attached hydrogen (secondary N) is 1. The van der Waals surface area contributed by atoms with Crippen molar-refractivity contribution in [2.75, 3.05) is 18.5 Å². The van der Waals surface area contributed by atoms with Crippen molar-refractivity contribution in [3.8, 4) is 0 Å². The molecule has 0 radical (unpaired) electrons. The van der Waals surface area contributed by atoms with E-state index in [-0.39, 0.29) is 18.0 Å². The molecule has 0 bridgehead atoms. The molecule has 9 heteroatoms. The Morgan fingerprint density at radius 1 is 1.61 bits per heavy atom. The first-order valence-electron chi connectivity index (χ1n) is 7.14. The Balaban J connectivity index is 2.13. The quantitative estimate of drug-likeness (QED) is 0.652. The topological polar surface area (TPSA) is 123 Å². The lowest BCUT2D eigenvalue weighted by Crippen LogP contribution is -2.29. The summed E-state index contributed by atoms with van der Waals surface area (Å²) in [5.74, 6) is 0.0372. The minimum Gasteiger partial charge on any atom is -0.449 e. The number of ether oxygens (including phenoxy) is 2. The second-order valence-electron chi connectivity index (χ2n) is 4.99. The number of hydrogen-bond donors (Lipinski definition) is 3. The van der Waals surface area contributed by atoms with Crippen molar-refractivity contribution in [2.45, 2.75) is 31.8 Å². The highest BCUT2D eigenvalue weighted by Crippen LogP contribution is 2.31. The van der Waals surface area contributed by atoms with E-state index in [1.165, 1.54) is 12.3 Å². The lowest BCUT2D eigenvalue weighted by atomic mass is 10.1. The van der Waals surface area contributed by atoms with Crippen LogP contribution in [0.1, 0.15) is 19.6 Å². The van der Waals surface area contributed by atoms with Crippen LogP contribution in [0.3, 0.4) is 0 Å². The van der Waals surface area contributed by atoms with Crippen molar-refractivity contribution in [1.29, 1.82) is 0 Å². The Bertz CT molecular complexity index is 644. The van der Waals surface area contributed by atoms with Gasteiger partial charge in [-0.3, -0.25) is 9.88 Å². The van der Waals surface area contributed by atoms with Gasteiger partial charge in [-0.05, 0) is 12.5 Å². The van der Waals surface area contributed by atoms with Crippen LogP contribution < -0.4 is 11.0 Å². The molecule has 1 aromatic heterocycles. The number of nitrogens with zero attached hydrogens (tertiary/aromatic N) is 2. The number of amides is 1. The van der Waals surface area contributed by atoms with Gasteiger partial charge in [0.15, 0.2) is 6.23 Å². The van der Waals surface area contributed by atoms with E-state index in [0.717, 1.165) is 4.57 Å². The van der Waals surface area contributed by atoms with Crippen LogP contribution in [0.15, 0.2) is 29.2 Å². The van der Waals surface area contributed by atoms with E-state index in [1.807, 2.05) is 6.92 Å². The molecule has 3 N–H and O–H groups in total. The van der Waals surface area contributed by atoms with Crippen LogP contribution in [0, 0.1) is 0 Å². The maximum absolute atomic E-state index is 12.1. The molecule has 0 aromatic carbocycles. The molecule has 9 nitrogen and oxygen atoms in total. The molecule has 3 atom stereocenters. The average molecular weight is 325 g/mol. The van der Waals surface area contributed by atoms with Crippen molar-refractivity contribution in [1.82, 2.24) is 9.55 Å². The SMILES string of the molecule is C=C1[C@H](n2ccc(NC(=O)OCCC)nc2=O)O[C@H](CO)[C@H]1O. The zero-order chi connectivity index (χ0) is 17.0. The highest BCUT2D eigenvalue weighted by atomic mass is 16.6. The number of rotatable bonds is 5. The molecule has 0 saturated carbocycles. The molecule has 1 saturated heterocycles. The summed E-state index contributed by atoms with van der Waals surface area (Å²) in [6.07, 6.45) is -1.51. The molecule has 23 heavy (non-hydrogen) atoms. The predicted molar refractivity (Wildman–Crippen MR) is 79.9 cm³/mol. The van der Waals surface area contributed by atoms with Gasteiger partial charge in [0.2, 0.25) is 0 Å². The van der Waals surface area contributed by atoms with Gasteiger partial charge in [-0.25, -0.2) is 9.59 Å². The summed E-state index contributed by atoms with van der Waals surface area (Å²) in [5.41, 5.74) is -0.453. The first-order valence-corrected chi connectivity index (χ1v) is 7.14. The van der Waals surface area contributed by atoms with E-state index >= 15 is 0 Å². The number of anilines is 1. The fraction of sp³-hybridized carbons (Fsp3) is 0.500. The molecule has 2 heterocycles. The number of aliphatic hydroxyl groups is 2. The molecule has 1 aromatic rings. The number of aromatic nitrogens is 2. The summed E-state index contributed by atoms with van der Waals surface area (Å²) < 4.78 is 11.3. The molecule has 1 amide bonds. The second kappa shape index (κ2) is 7.36. The van der Waals surface area contributed by atoms with Gasteiger partial charge >= 0.3 is 11.8 Å². The van der Waals surface area contributed by atoms with Crippen LogP contribution in [0.2, 0.25) is 0 Å². The van der Waals surface area contributed by atoms with Crippen LogP contribution >= 0.6 is 0 Å². The lowest BCUT2D eigenvalue weighted by Gasteiger charge is -2.15. The van der Waals surface area contributed by atoms with Crippen LogP contribution in [-0.2, 0) is 9.47 Å². The minimum atomic E-state index is -1.07. The highest BCUT2D eigenvalue weighted by molar-refractivity contribution is 5.83. The van der Waals surface area contributed by atoms with Crippen molar-refractivity contribution < 1.29 is 24.5 Å². The fourth-order valence-electron chi connectivity index (χ4n) is 2.10. The molecular weight excluding hydrogens is 306 g/mol. The molecule has 0 unspecified atom stereocenters. The Labute approximate surface area is 132 Å². The zero-order valence-corrected chi connectivity index (χ0v) is 12.6. The van der Waals surface area contributed by atoms with Crippen molar-refractivity contribution in [2.24, 2.45) is 0 Å². The molecular formula is C14H19N3O6. The third-order valence-electron chi connectivity index (χ3n) is 3.28. The summed E-state index contributed by atoms with van der Waals surface area (Å²) >= 11 is 0. The van der Waals surface area contributed by atoms with Gasteiger partial charge in [-0.15, -0.1) is 0 Å². The van der Waals surface area contributed by atoms with E-state index in [1.54, 1.807) is 0 Å². The third kappa shape index (κ3) is 3.76. The van der Waals surface area contributed by atoms with Gasteiger partial charge in [0.05, 0.1) is 13.2 Å². The van der Waals surface area contributed by atoms with Gasteiger partial charge in [0, 0.05) is 11.8 Å². The second-order valence-corrected chi connectivity index (χ2v) is 4.99. The van der Waals surface area contributed by atoms with Gasteiger partial charge in [-0.1, -0.05) is 13.5 Å². The molecule has 2 rings (SSSR count). The smallest absolute Gasteiger partial charge is 0.412 e. The van der Waals surface area contributed by atoms with Crippen molar-refractivity contribution in [3.05, 3.63) is 34.9 Å². The average Bonchev–Trinajstić information content (AvgIpc) is 2.81. The third-order valence-corrected chi connectivity index (χ3v) is 3.28. The zero-order valence-electron chi connectivity index (χ0n) is 12.6. The highest BCUT2D eigenvalue weighted by Gasteiger charge is 2.38. The summed E-state index contributed by atoms with van der Waals surface area (Å²) in [6, 6.07) is 1.39. The van der Waals surface area contributed by atoms with Crippen LogP contribution in [0.25, 0.3) is 0 Å². The van der Waals surface area contributed by atoms with Gasteiger partial charge in [-0.2, -0.15) is 4.98 Å². The van der Waals surface area contributed by atoms with Crippen LogP contribution in [0.5, 0.6) is 0 Å². The summed E-state index contributed by atoms with van der Waals surface area (Å²) in [7, 11) is 0. The normalized spacial score (nSPS) is 23.8. The molecule has 126 valence electrons. The van der Waals surface area contributed by atoms with Crippen molar-refractivity contribution in [3.63, 3.8) is 0 Å². The summed E-state index contributed by atoms with van der Waals surface area (Å²) in [5, 5.41) is 21.3. The van der Waals surface area contributed by atoms with E-state index in [4.69, 9.17) is 14.6 Å². The number of hydrogen-bond acceptors (Lipinski definition) is 7. The Kier molecular flexibility index (Phi) is 5.48. The van der Waals surface area contributed by atoms with E-state index < -0.39 is 36.8 Å². The standard InChI is InChI=1S/C14H19N3O6/c1-3-6-22-14(21)16-10-4-5-17(13(20)15-10)12-8(2)11(19)9(7-18)23-12/h4-5,9,11-12,18-19H,2-3,6-7H2,1H3,(H,15,16,20,21)/t9-,11+,12-/m1/s1. The number of aliphatic hydroxyl groups excluding tert-OH is 2. The van der Waals surface area contributed by atoms with Crippen molar-refractivity contribution >= 4 is 11.9 Å². The summed E-state index contributed by atoms with van der Waals surface area (Å²) in [4.78, 5) is 27.2. The number of carbonyl (C=O) groups excluding carboxylic acids is 1. The Hall–Kier alpha value is -2.23. The van der Waals surface area contributed by atoms with E-state index in [9.17, 15) is 14.7 Å². The lowest BCUT2D eigenvalue weighted by molar-refractivity contribution is -0.0447. The first kappa shape index (κ1) is 17.1. The summed E-state index contributed by atoms with van der Waals surface area (Å²) in [6.45, 7) is 5.39. The van der Waals surface area contributed by atoms with Gasteiger partial charge < -0.3 is 19.7 Å². The molecule has 1 aliphatic heterocycles. The molecule has 1 fully saturated rings. The van der Waals surface area contributed by atoms with Crippen LogP contribution in [-0.4, -0.2) is 51.3 Å². The molecule has 1 aliphatic rings.